The molecule has 16 heavy (non-hydrogen) atoms. The summed E-state index contributed by atoms with van der Waals surface area (Å²) in [5.41, 5.74) is 0.278. The van der Waals surface area contributed by atoms with Gasteiger partial charge in [0.1, 0.15) is 0 Å². The first kappa shape index (κ1) is 14.0. The van der Waals surface area contributed by atoms with E-state index in [0.29, 0.717) is 0 Å². The molecule has 1 aliphatic rings. The minimum Gasteiger partial charge on any atom is -0.312 e. The molecule has 1 aliphatic carbocycles. The Bertz CT molecular complexity index is 192. The summed E-state index contributed by atoms with van der Waals surface area (Å²) in [5, 5.41) is 3.69. The molecule has 0 heterocycles. The van der Waals surface area contributed by atoms with Gasteiger partial charge < -0.3 is 5.32 Å². The second-order valence-corrected chi connectivity index (χ2v) is 6.86. The Morgan fingerprint density at radius 3 is 2.38 bits per heavy atom. The van der Waals surface area contributed by atoms with Gasteiger partial charge in [-0.15, -0.1) is 0 Å². The third-order valence-electron chi connectivity index (χ3n) is 3.96. The molecule has 0 amide bonds. The second-order valence-electron chi connectivity index (χ2n) is 6.86. The van der Waals surface area contributed by atoms with E-state index in [1.807, 2.05) is 0 Å². The summed E-state index contributed by atoms with van der Waals surface area (Å²) >= 11 is 0. The highest BCUT2D eigenvalue weighted by atomic mass is 14.9. The van der Waals surface area contributed by atoms with Gasteiger partial charge in [0.05, 0.1) is 0 Å². The van der Waals surface area contributed by atoms with Crippen LogP contribution in [0.4, 0.5) is 0 Å². The van der Waals surface area contributed by atoms with Gasteiger partial charge in [-0.3, -0.25) is 0 Å². The Kier molecular flexibility index (Phi) is 5.30. The van der Waals surface area contributed by atoms with Crippen molar-refractivity contribution in [1.82, 2.24) is 5.32 Å². The molecule has 1 saturated carbocycles. The number of hydrogen-bond acceptors (Lipinski definition) is 1. The number of hydrogen-bond donors (Lipinski definition) is 1. The van der Waals surface area contributed by atoms with Crippen LogP contribution >= 0.6 is 0 Å². The standard InChI is InChI=1S/C15H31N/c1-6-7-13-10-12(2)8-9-14(13)11-16-15(3,4)5/h12-14,16H,6-11H2,1-5H3. The van der Waals surface area contributed by atoms with Gasteiger partial charge in [-0.1, -0.05) is 33.1 Å². The monoisotopic (exact) mass is 225 g/mol. The van der Waals surface area contributed by atoms with Gasteiger partial charge in [0.2, 0.25) is 0 Å². The first-order chi connectivity index (χ1) is 7.42. The maximum absolute atomic E-state index is 3.69. The summed E-state index contributed by atoms with van der Waals surface area (Å²) in [4.78, 5) is 0. The van der Waals surface area contributed by atoms with Crippen molar-refractivity contribution in [3.8, 4) is 0 Å². The van der Waals surface area contributed by atoms with Crippen molar-refractivity contribution in [1.29, 1.82) is 0 Å². The molecule has 3 unspecified atom stereocenters. The summed E-state index contributed by atoms with van der Waals surface area (Å²) in [5.74, 6) is 2.86. The molecular formula is C15H31N. The molecule has 0 saturated heterocycles. The van der Waals surface area contributed by atoms with Crippen molar-refractivity contribution >= 4 is 0 Å². The third kappa shape index (κ3) is 4.86. The van der Waals surface area contributed by atoms with Crippen LogP contribution in [0, 0.1) is 17.8 Å². The zero-order valence-corrected chi connectivity index (χ0v) is 12.0. The lowest BCUT2D eigenvalue weighted by atomic mass is 9.72. The Morgan fingerprint density at radius 2 is 1.81 bits per heavy atom. The molecule has 1 rings (SSSR count). The van der Waals surface area contributed by atoms with Crippen LogP contribution in [0.5, 0.6) is 0 Å². The zero-order chi connectivity index (χ0) is 12.2. The van der Waals surface area contributed by atoms with E-state index >= 15 is 0 Å². The summed E-state index contributed by atoms with van der Waals surface area (Å²) in [6, 6.07) is 0. The lowest BCUT2D eigenvalue weighted by Gasteiger charge is -2.36. The van der Waals surface area contributed by atoms with Crippen LogP contribution in [0.1, 0.15) is 66.7 Å². The van der Waals surface area contributed by atoms with E-state index in [1.165, 1.54) is 38.6 Å². The molecule has 1 heteroatoms. The van der Waals surface area contributed by atoms with Crippen molar-refractivity contribution in [2.75, 3.05) is 6.54 Å². The highest BCUT2D eigenvalue weighted by molar-refractivity contribution is 4.82. The van der Waals surface area contributed by atoms with E-state index in [1.54, 1.807) is 0 Å². The van der Waals surface area contributed by atoms with Gasteiger partial charge in [-0.05, 0) is 57.9 Å². The Hall–Kier alpha value is -0.0400. The highest BCUT2D eigenvalue weighted by Gasteiger charge is 2.28. The first-order valence-corrected chi connectivity index (χ1v) is 7.17. The number of nitrogens with one attached hydrogen (secondary N) is 1. The van der Waals surface area contributed by atoms with Crippen LogP contribution in [-0.2, 0) is 0 Å². The minimum absolute atomic E-state index is 0.278. The molecule has 0 bridgehead atoms. The van der Waals surface area contributed by atoms with Gasteiger partial charge in [-0.25, -0.2) is 0 Å². The van der Waals surface area contributed by atoms with E-state index in [-0.39, 0.29) is 5.54 Å². The minimum atomic E-state index is 0.278. The van der Waals surface area contributed by atoms with E-state index in [2.05, 4.69) is 39.9 Å². The van der Waals surface area contributed by atoms with E-state index in [4.69, 9.17) is 0 Å². The van der Waals surface area contributed by atoms with Crippen molar-refractivity contribution in [3.05, 3.63) is 0 Å². The summed E-state index contributed by atoms with van der Waals surface area (Å²) in [6.45, 7) is 12.8. The molecule has 0 aliphatic heterocycles. The molecule has 0 aromatic heterocycles. The van der Waals surface area contributed by atoms with Crippen LogP contribution < -0.4 is 5.32 Å². The van der Waals surface area contributed by atoms with E-state index in [9.17, 15) is 0 Å². The van der Waals surface area contributed by atoms with Crippen molar-refractivity contribution in [2.45, 2.75) is 72.3 Å². The average Bonchev–Trinajstić information content (AvgIpc) is 2.15. The fourth-order valence-corrected chi connectivity index (χ4v) is 2.99. The average molecular weight is 225 g/mol. The molecule has 1 nitrogen and oxygen atoms in total. The quantitative estimate of drug-likeness (QED) is 0.755. The fraction of sp³-hybridized carbons (Fsp3) is 1.00. The van der Waals surface area contributed by atoms with Crippen molar-refractivity contribution < 1.29 is 0 Å². The maximum Gasteiger partial charge on any atom is 0.00966 e. The third-order valence-corrected chi connectivity index (χ3v) is 3.96. The molecule has 3 atom stereocenters. The summed E-state index contributed by atoms with van der Waals surface area (Å²) < 4.78 is 0. The Morgan fingerprint density at radius 1 is 1.12 bits per heavy atom. The molecule has 1 N–H and O–H groups in total. The zero-order valence-electron chi connectivity index (χ0n) is 12.0. The van der Waals surface area contributed by atoms with Gasteiger partial charge in [-0.2, -0.15) is 0 Å². The summed E-state index contributed by atoms with van der Waals surface area (Å²) in [7, 11) is 0. The predicted molar refractivity (Wildman–Crippen MR) is 72.7 cm³/mol. The van der Waals surface area contributed by atoms with Crippen LogP contribution in [0.3, 0.4) is 0 Å². The molecule has 0 aromatic carbocycles. The molecule has 0 radical (unpaired) electrons. The molecule has 1 fully saturated rings. The largest absolute Gasteiger partial charge is 0.312 e. The lowest BCUT2D eigenvalue weighted by Crippen LogP contribution is -2.42. The first-order valence-electron chi connectivity index (χ1n) is 7.17. The molecule has 0 spiro atoms. The SMILES string of the molecule is CCCC1CC(C)CCC1CNC(C)(C)C. The molecule has 96 valence electrons. The van der Waals surface area contributed by atoms with Gasteiger partial charge in [0.15, 0.2) is 0 Å². The normalized spacial score (nSPS) is 31.7. The lowest BCUT2D eigenvalue weighted by molar-refractivity contribution is 0.165. The van der Waals surface area contributed by atoms with Gasteiger partial charge in [0.25, 0.3) is 0 Å². The smallest absolute Gasteiger partial charge is 0.00966 e. The fourth-order valence-electron chi connectivity index (χ4n) is 2.99. The predicted octanol–water partition coefficient (Wildman–Crippen LogP) is 4.23. The van der Waals surface area contributed by atoms with Gasteiger partial charge in [0, 0.05) is 5.54 Å². The maximum atomic E-state index is 3.69. The Balaban J connectivity index is 2.42. The molecular weight excluding hydrogens is 194 g/mol. The Labute approximate surface area is 102 Å². The van der Waals surface area contributed by atoms with Crippen LogP contribution in [-0.4, -0.2) is 12.1 Å². The second kappa shape index (κ2) is 6.05. The van der Waals surface area contributed by atoms with E-state index < -0.39 is 0 Å². The van der Waals surface area contributed by atoms with Crippen LogP contribution in [0.15, 0.2) is 0 Å². The van der Waals surface area contributed by atoms with E-state index in [0.717, 1.165) is 17.8 Å². The van der Waals surface area contributed by atoms with Crippen molar-refractivity contribution in [3.63, 3.8) is 0 Å². The van der Waals surface area contributed by atoms with Crippen LogP contribution in [0.25, 0.3) is 0 Å². The van der Waals surface area contributed by atoms with Crippen LogP contribution in [0.2, 0.25) is 0 Å². The topological polar surface area (TPSA) is 12.0 Å². The van der Waals surface area contributed by atoms with Crippen molar-refractivity contribution in [2.24, 2.45) is 17.8 Å². The van der Waals surface area contributed by atoms with Gasteiger partial charge >= 0.3 is 0 Å². The highest BCUT2D eigenvalue weighted by Crippen LogP contribution is 2.36. The number of rotatable bonds is 4. The molecule has 0 aromatic rings. The summed E-state index contributed by atoms with van der Waals surface area (Å²) in [6.07, 6.45) is 7.13.